The Hall–Kier alpha value is -3.73. The molecule has 0 atom stereocenters. The first kappa shape index (κ1) is 21.0. The van der Waals surface area contributed by atoms with Crippen LogP contribution >= 0.6 is 0 Å². The second-order valence-electron chi connectivity index (χ2n) is 6.99. The van der Waals surface area contributed by atoms with E-state index in [4.69, 9.17) is 4.74 Å². The fraction of sp³-hybridized carbons (Fsp3) is 0.160. The van der Waals surface area contributed by atoms with E-state index >= 15 is 0 Å². The van der Waals surface area contributed by atoms with Crippen molar-refractivity contribution in [2.75, 3.05) is 4.90 Å². The van der Waals surface area contributed by atoms with E-state index in [0.717, 1.165) is 12.2 Å². The molecular weight excluding hydrogens is 378 g/mol. The van der Waals surface area contributed by atoms with Gasteiger partial charge in [0.1, 0.15) is 17.3 Å². The maximum atomic E-state index is 12.5. The Balaban J connectivity index is 0.000000589. The minimum atomic E-state index is -0.297. The van der Waals surface area contributed by atoms with Gasteiger partial charge in [-0.05, 0) is 74.4 Å². The molecule has 0 aromatic heterocycles. The van der Waals surface area contributed by atoms with Crippen molar-refractivity contribution in [3.05, 3.63) is 89.5 Å². The topological polar surface area (TPSA) is 63.7 Å². The van der Waals surface area contributed by atoms with Crippen LogP contribution in [0.5, 0.6) is 11.5 Å². The highest BCUT2D eigenvalue weighted by atomic mass is 16.5. The molecule has 0 saturated heterocycles. The molecule has 1 aliphatic heterocycles. The Morgan fingerprint density at radius 2 is 1.20 bits per heavy atom. The molecule has 0 unspecified atom stereocenters. The van der Waals surface area contributed by atoms with Crippen molar-refractivity contribution < 1.29 is 19.1 Å². The first-order valence-electron chi connectivity index (χ1n) is 9.72. The highest BCUT2D eigenvalue weighted by Crippen LogP contribution is 2.30. The van der Waals surface area contributed by atoms with Gasteiger partial charge < -0.3 is 9.53 Å². The van der Waals surface area contributed by atoms with Gasteiger partial charge in [0.2, 0.25) is 0 Å². The quantitative estimate of drug-likeness (QED) is 0.546. The van der Waals surface area contributed by atoms with Crippen molar-refractivity contribution in [3.8, 4) is 11.5 Å². The smallest absolute Gasteiger partial charge is 0.266 e. The highest BCUT2D eigenvalue weighted by molar-refractivity contribution is 6.34. The maximum absolute atomic E-state index is 12.5. The molecule has 1 aliphatic rings. The third-order valence-corrected chi connectivity index (χ3v) is 4.46. The number of Topliss-reactive ketones (excluding diaryl/α,β-unsaturated/α-hetero) is 1. The fourth-order valence-corrected chi connectivity index (χ4v) is 3.02. The summed E-state index contributed by atoms with van der Waals surface area (Å²) in [5, 5.41) is 0. The lowest BCUT2D eigenvalue weighted by atomic mass is 10.1. The number of amides is 2. The number of ether oxygens (including phenoxy) is 1. The van der Waals surface area contributed by atoms with Crippen LogP contribution in [0.1, 0.15) is 47.1 Å². The van der Waals surface area contributed by atoms with E-state index in [9.17, 15) is 14.4 Å². The number of benzene rings is 3. The van der Waals surface area contributed by atoms with Gasteiger partial charge in [0.05, 0.1) is 16.8 Å². The van der Waals surface area contributed by atoms with Gasteiger partial charge in [-0.25, -0.2) is 4.90 Å². The molecule has 0 bridgehead atoms. The molecule has 0 saturated carbocycles. The fourth-order valence-electron chi connectivity index (χ4n) is 3.02. The van der Waals surface area contributed by atoms with Gasteiger partial charge >= 0.3 is 0 Å². The predicted molar refractivity (Wildman–Crippen MR) is 116 cm³/mol. The van der Waals surface area contributed by atoms with Crippen LogP contribution < -0.4 is 9.64 Å². The lowest BCUT2D eigenvalue weighted by Crippen LogP contribution is -2.29. The first-order valence-corrected chi connectivity index (χ1v) is 9.72. The zero-order valence-corrected chi connectivity index (χ0v) is 17.2. The van der Waals surface area contributed by atoms with E-state index in [1.807, 2.05) is 24.3 Å². The minimum Gasteiger partial charge on any atom is -0.457 e. The van der Waals surface area contributed by atoms with Gasteiger partial charge in [-0.1, -0.05) is 31.2 Å². The SMILES string of the molecule is CC(C)=O.CCc1ccc(Oc2ccc(N3C(=O)c4ccccc4C3=O)cc2)cc1. The number of ketones is 1. The number of imide groups is 1. The Morgan fingerprint density at radius 3 is 1.63 bits per heavy atom. The molecular formula is C25H23NO4. The van der Waals surface area contributed by atoms with Gasteiger partial charge in [-0.15, -0.1) is 0 Å². The molecule has 152 valence electrons. The first-order chi connectivity index (χ1) is 14.4. The van der Waals surface area contributed by atoms with Crippen LogP contribution in [0, 0.1) is 0 Å². The summed E-state index contributed by atoms with van der Waals surface area (Å²) in [5.74, 6) is 0.967. The Morgan fingerprint density at radius 1 is 0.767 bits per heavy atom. The molecule has 0 N–H and O–H groups in total. The monoisotopic (exact) mass is 401 g/mol. The Labute approximate surface area is 175 Å². The zero-order valence-electron chi connectivity index (χ0n) is 17.2. The number of rotatable bonds is 4. The third-order valence-electron chi connectivity index (χ3n) is 4.46. The summed E-state index contributed by atoms with van der Waals surface area (Å²) in [6.07, 6.45) is 0.981. The summed E-state index contributed by atoms with van der Waals surface area (Å²) in [5.41, 5.74) is 2.66. The maximum Gasteiger partial charge on any atom is 0.266 e. The van der Waals surface area contributed by atoms with Crippen molar-refractivity contribution in [1.82, 2.24) is 0 Å². The number of fused-ring (bicyclic) bond motifs is 1. The number of carbonyl (C=O) groups excluding carboxylic acids is 3. The van der Waals surface area contributed by atoms with Crippen molar-refractivity contribution in [2.24, 2.45) is 0 Å². The van der Waals surface area contributed by atoms with Crippen molar-refractivity contribution in [3.63, 3.8) is 0 Å². The molecule has 4 rings (SSSR count). The number of hydrogen-bond acceptors (Lipinski definition) is 4. The largest absolute Gasteiger partial charge is 0.457 e. The number of nitrogens with zero attached hydrogens (tertiary/aromatic N) is 1. The van der Waals surface area contributed by atoms with Crippen LogP contribution in [-0.4, -0.2) is 17.6 Å². The van der Waals surface area contributed by atoms with E-state index in [0.29, 0.717) is 22.6 Å². The number of aryl methyl sites for hydroxylation is 1. The van der Waals surface area contributed by atoms with Crippen LogP contribution in [0.2, 0.25) is 0 Å². The average molecular weight is 401 g/mol. The normalized spacial score (nSPS) is 12.2. The van der Waals surface area contributed by atoms with Crippen molar-refractivity contribution in [2.45, 2.75) is 27.2 Å². The summed E-state index contributed by atoms with van der Waals surface area (Å²) in [6.45, 7) is 5.16. The second kappa shape index (κ2) is 9.18. The molecule has 1 heterocycles. The highest BCUT2D eigenvalue weighted by Gasteiger charge is 2.36. The lowest BCUT2D eigenvalue weighted by Gasteiger charge is -2.14. The van der Waals surface area contributed by atoms with Crippen molar-refractivity contribution >= 4 is 23.3 Å². The predicted octanol–water partition coefficient (Wildman–Crippen LogP) is 5.44. The molecule has 0 spiro atoms. The summed E-state index contributed by atoms with van der Waals surface area (Å²) < 4.78 is 5.82. The molecule has 5 nitrogen and oxygen atoms in total. The van der Waals surface area contributed by atoms with Gasteiger partial charge in [0.25, 0.3) is 11.8 Å². The molecule has 3 aromatic rings. The summed E-state index contributed by atoms with van der Waals surface area (Å²) in [7, 11) is 0. The third kappa shape index (κ3) is 4.63. The van der Waals surface area contributed by atoms with Gasteiger partial charge in [-0.2, -0.15) is 0 Å². The van der Waals surface area contributed by atoms with Crippen LogP contribution in [-0.2, 0) is 11.2 Å². The number of carbonyl (C=O) groups is 3. The molecule has 0 radical (unpaired) electrons. The van der Waals surface area contributed by atoms with Crippen LogP contribution in [0.15, 0.2) is 72.8 Å². The van der Waals surface area contributed by atoms with Gasteiger partial charge in [0.15, 0.2) is 0 Å². The van der Waals surface area contributed by atoms with E-state index in [1.165, 1.54) is 24.3 Å². The van der Waals surface area contributed by atoms with Crippen LogP contribution in [0.25, 0.3) is 0 Å². The lowest BCUT2D eigenvalue weighted by molar-refractivity contribution is -0.115. The van der Waals surface area contributed by atoms with Crippen LogP contribution in [0.3, 0.4) is 0 Å². The van der Waals surface area contributed by atoms with E-state index < -0.39 is 0 Å². The second-order valence-corrected chi connectivity index (χ2v) is 6.99. The molecule has 3 aromatic carbocycles. The number of hydrogen-bond donors (Lipinski definition) is 0. The minimum absolute atomic E-state index is 0.167. The average Bonchev–Trinajstić information content (AvgIpc) is 3.00. The summed E-state index contributed by atoms with van der Waals surface area (Å²) >= 11 is 0. The van der Waals surface area contributed by atoms with Gasteiger partial charge in [-0.3, -0.25) is 9.59 Å². The Kier molecular flexibility index (Phi) is 6.42. The van der Waals surface area contributed by atoms with Crippen molar-refractivity contribution in [1.29, 1.82) is 0 Å². The standard InChI is InChI=1S/C22H17NO3.C3H6O/c1-2-15-7-11-17(12-8-15)26-18-13-9-16(10-14-18)23-21(24)19-5-3-4-6-20(19)22(23)25;1-3(2)4/h3-14H,2H2,1H3;1-2H3. The van der Waals surface area contributed by atoms with E-state index in [2.05, 4.69) is 6.92 Å². The zero-order chi connectivity index (χ0) is 21.7. The van der Waals surface area contributed by atoms with E-state index in [1.54, 1.807) is 48.5 Å². The summed E-state index contributed by atoms with van der Waals surface area (Å²) in [4.78, 5) is 35.7. The molecule has 0 aliphatic carbocycles. The van der Waals surface area contributed by atoms with Gasteiger partial charge in [0, 0.05) is 0 Å². The summed E-state index contributed by atoms with van der Waals surface area (Å²) in [6, 6.07) is 21.7. The molecule has 0 fully saturated rings. The molecule has 2 amide bonds. The van der Waals surface area contributed by atoms with E-state index in [-0.39, 0.29) is 17.6 Å². The Bertz CT molecular complexity index is 1030. The number of anilines is 1. The molecule has 5 heteroatoms. The molecule has 30 heavy (non-hydrogen) atoms. The van der Waals surface area contributed by atoms with Crippen LogP contribution in [0.4, 0.5) is 5.69 Å².